The summed E-state index contributed by atoms with van der Waals surface area (Å²) in [6, 6.07) is 10.8. The normalized spacial score (nSPS) is 26.1. The van der Waals surface area contributed by atoms with Gasteiger partial charge in [-0.2, -0.15) is 0 Å². The number of hydrogen-bond donors (Lipinski definition) is 1. The molecule has 1 aliphatic carbocycles. The van der Waals surface area contributed by atoms with Gasteiger partial charge in [-0.1, -0.05) is 31.0 Å². The summed E-state index contributed by atoms with van der Waals surface area (Å²) >= 11 is 0. The fourth-order valence-corrected chi connectivity index (χ4v) is 2.81. The summed E-state index contributed by atoms with van der Waals surface area (Å²) in [5.41, 5.74) is 1.24. The first-order valence-corrected chi connectivity index (χ1v) is 6.10. The van der Waals surface area contributed by atoms with E-state index in [0.29, 0.717) is 0 Å². The number of fused-ring (bicyclic) bond motifs is 1. The number of rotatable bonds is 1. The third-order valence-corrected chi connectivity index (χ3v) is 3.68. The molecule has 84 valence electrons. The first-order chi connectivity index (χ1) is 7.86. The highest BCUT2D eigenvalue weighted by molar-refractivity contribution is 5.80. The Morgan fingerprint density at radius 3 is 2.75 bits per heavy atom. The Kier molecular flexibility index (Phi) is 2.44. The lowest BCUT2D eigenvalue weighted by Gasteiger charge is -2.29. The van der Waals surface area contributed by atoms with Gasteiger partial charge in [0.1, 0.15) is 0 Å². The van der Waals surface area contributed by atoms with E-state index < -0.39 is 0 Å². The van der Waals surface area contributed by atoms with E-state index in [4.69, 9.17) is 0 Å². The van der Waals surface area contributed by atoms with Crippen molar-refractivity contribution in [3.63, 3.8) is 0 Å². The van der Waals surface area contributed by atoms with Gasteiger partial charge in [0.25, 0.3) is 0 Å². The maximum Gasteiger partial charge on any atom is 0.0747 e. The molecular weight excluding hydrogens is 198 g/mol. The minimum Gasteiger partial charge on any atom is -0.391 e. The minimum absolute atomic E-state index is 0.176. The number of nitrogens with zero attached hydrogens (tertiary/aromatic N) is 1. The predicted octanol–water partition coefficient (Wildman–Crippen LogP) is 3.12. The van der Waals surface area contributed by atoms with Gasteiger partial charge in [-0.3, -0.25) is 0 Å². The lowest BCUT2D eigenvalue weighted by Crippen LogP contribution is -2.26. The summed E-state index contributed by atoms with van der Waals surface area (Å²) in [7, 11) is 0. The van der Waals surface area contributed by atoms with Crippen molar-refractivity contribution in [1.82, 2.24) is 4.57 Å². The molecule has 1 aromatic heterocycles. The van der Waals surface area contributed by atoms with Crippen LogP contribution in [0.15, 0.2) is 36.5 Å². The maximum absolute atomic E-state index is 10.1. The maximum atomic E-state index is 10.1. The molecule has 0 aliphatic heterocycles. The standard InChI is InChI=1S/C14H17NO/c16-14-8-4-3-7-13(14)15-10-9-11-5-1-2-6-12(11)15/h1-2,5-6,9-10,13-14,16H,3-4,7-8H2. The Hall–Kier alpha value is -1.28. The van der Waals surface area contributed by atoms with Crippen LogP contribution in [0.5, 0.6) is 0 Å². The van der Waals surface area contributed by atoms with Crippen LogP contribution in [0.3, 0.4) is 0 Å². The van der Waals surface area contributed by atoms with E-state index in [1.165, 1.54) is 17.3 Å². The molecule has 2 nitrogen and oxygen atoms in total. The first kappa shape index (κ1) is 9.91. The van der Waals surface area contributed by atoms with E-state index in [9.17, 15) is 5.11 Å². The molecule has 2 aromatic rings. The summed E-state index contributed by atoms with van der Waals surface area (Å²) in [6.45, 7) is 0. The third kappa shape index (κ3) is 1.54. The zero-order chi connectivity index (χ0) is 11.0. The molecule has 2 heteroatoms. The molecular formula is C14H17NO. The SMILES string of the molecule is OC1CCCCC1n1ccc2ccccc21. The summed E-state index contributed by atoms with van der Waals surface area (Å²) in [4.78, 5) is 0. The van der Waals surface area contributed by atoms with E-state index in [2.05, 4.69) is 41.1 Å². The van der Waals surface area contributed by atoms with Crippen molar-refractivity contribution in [2.45, 2.75) is 37.8 Å². The molecule has 1 heterocycles. The second kappa shape index (κ2) is 3.95. The highest BCUT2D eigenvalue weighted by atomic mass is 16.3. The average molecular weight is 215 g/mol. The molecule has 1 aromatic carbocycles. The van der Waals surface area contributed by atoms with Crippen LogP contribution in [0.2, 0.25) is 0 Å². The average Bonchev–Trinajstić information content (AvgIpc) is 2.74. The molecule has 3 rings (SSSR count). The highest BCUT2D eigenvalue weighted by Gasteiger charge is 2.24. The van der Waals surface area contributed by atoms with Gasteiger partial charge in [0, 0.05) is 11.7 Å². The minimum atomic E-state index is -0.176. The molecule has 0 spiro atoms. The Morgan fingerprint density at radius 1 is 1.06 bits per heavy atom. The second-order valence-corrected chi connectivity index (χ2v) is 4.70. The van der Waals surface area contributed by atoms with Crippen LogP contribution >= 0.6 is 0 Å². The van der Waals surface area contributed by atoms with E-state index in [0.717, 1.165) is 19.3 Å². The number of para-hydroxylation sites is 1. The zero-order valence-electron chi connectivity index (χ0n) is 9.34. The van der Waals surface area contributed by atoms with Crippen molar-refractivity contribution in [2.24, 2.45) is 0 Å². The summed E-state index contributed by atoms with van der Waals surface area (Å²) in [5, 5.41) is 11.3. The summed E-state index contributed by atoms with van der Waals surface area (Å²) < 4.78 is 2.25. The Bertz CT molecular complexity index is 488. The summed E-state index contributed by atoms with van der Waals surface area (Å²) in [5.74, 6) is 0. The Morgan fingerprint density at radius 2 is 1.88 bits per heavy atom. The predicted molar refractivity (Wildman–Crippen MR) is 65.4 cm³/mol. The van der Waals surface area contributed by atoms with Gasteiger partial charge in [0.2, 0.25) is 0 Å². The molecule has 0 bridgehead atoms. The van der Waals surface area contributed by atoms with Crippen LogP contribution in [0.25, 0.3) is 10.9 Å². The van der Waals surface area contributed by atoms with E-state index in [1.54, 1.807) is 0 Å². The van der Waals surface area contributed by atoms with Crippen LogP contribution in [-0.4, -0.2) is 15.8 Å². The molecule has 1 fully saturated rings. The van der Waals surface area contributed by atoms with Gasteiger partial charge in [0.15, 0.2) is 0 Å². The Labute approximate surface area is 95.5 Å². The van der Waals surface area contributed by atoms with Gasteiger partial charge in [0.05, 0.1) is 12.1 Å². The van der Waals surface area contributed by atoms with Crippen molar-refractivity contribution in [3.05, 3.63) is 36.5 Å². The number of aliphatic hydroxyl groups excluding tert-OH is 1. The largest absolute Gasteiger partial charge is 0.391 e. The van der Waals surface area contributed by atoms with Crippen molar-refractivity contribution < 1.29 is 5.11 Å². The molecule has 2 unspecified atom stereocenters. The van der Waals surface area contributed by atoms with E-state index in [1.807, 2.05) is 0 Å². The van der Waals surface area contributed by atoms with Gasteiger partial charge in [-0.25, -0.2) is 0 Å². The van der Waals surface area contributed by atoms with Crippen LogP contribution in [0.1, 0.15) is 31.7 Å². The number of hydrogen-bond acceptors (Lipinski definition) is 1. The Balaban J connectivity index is 2.04. The third-order valence-electron chi connectivity index (χ3n) is 3.68. The zero-order valence-corrected chi connectivity index (χ0v) is 9.34. The van der Waals surface area contributed by atoms with Gasteiger partial charge >= 0.3 is 0 Å². The fraction of sp³-hybridized carbons (Fsp3) is 0.429. The van der Waals surface area contributed by atoms with Crippen LogP contribution in [0.4, 0.5) is 0 Å². The lowest BCUT2D eigenvalue weighted by atomic mass is 9.92. The van der Waals surface area contributed by atoms with Crippen LogP contribution in [0, 0.1) is 0 Å². The number of aromatic nitrogens is 1. The topological polar surface area (TPSA) is 25.2 Å². The van der Waals surface area contributed by atoms with E-state index in [-0.39, 0.29) is 12.1 Å². The van der Waals surface area contributed by atoms with E-state index >= 15 is 0 Å². The van der Waals surface area contributed by atoms with Crippen LogP contribution in [-0.2, 0) is 0 Å². The van der Waals surface area contributed by atoms with Crippen LogP contribution < -0.4 is 0 Å². The molecule has 16 heavy (non-hydrogen) atoms. The summed E-state index contributed by atoms with van der Waals surface area (Å²) in [6.07, 6.45) is 6.37. The monoisotopic (exact) mass is 215 g/mol. The van der Waals surface area contributed by atoms with Gasteiger partial charge in [-0.15, -0.1) is 0 Å². The van der Waals surface area contributed by atoms with Crippen molar-refractivity contribution in [1.29, 1.82) is 0 Å². The van der Waals surface area contributed by atoms with Crippen molar-refractivity contribution in [2.75, 3.05) is 0 Å². The molecule has 0 radical (unpaired) electrons. The van der Waals surface area contributed by atoms with Crippen molar-refractivity contribution >= 4 is 10.9 Å². The highest BCUT2D eigenvalue weighted by Crippen LogP contribution is 2.31. The number of benzene rings is 1. The smallest absolute Gasteiger partial charge is 0.0747 e. The number of aliphatic hydroxyl groups is 1. The lowest BCUT2D eigenvalue weighted by molar-refractivity contribution is 0.0776. The molecule has 2 atom stereocenters. The fourth-order valence-electron chi connectivity index (χ4n) is 2.81. The second-order valence-electron chi connectivity index (χ2n) is 4.70. The molecule has 0 saturated heterocycles. The molecule has 1 aliphatic rings. The van der Waals surface area contributed by atoms with Gasteiger partial charge < -0.3 is 9.67 Å². The quantitative estimate of drug-likeness (QED) is 0.776. The molecule has 1 saturated carbocycles. The molecule has 1 N–H and O–H groups in total. The van der Waals surface area contributed by atoms with Crippen molar-refractivity contribution in [3.8, 4) is 0 Å². The molecule has 0 amide bonds. The first-order valence-electron chi connectivity index (χ1n) is 6.10. The van der Waals surface area contributed by atoms with Gasteiger partial charge in [-0.05, 0) is 30.4 Å².